The Labute approximate surface area is 157 Å². The van der Waals surface area contributed by atoms with E-state index in [-0.39, 0.29) is 11.2 Å². The molecule has 0 radical (unpaired) electrons. The lowest BCUT2D eigenvalue weighted by Gasteiger charge is -2.23. The van der Waals surface area contributed by atoms with Crippen LogP contribution in [0.15, 0.2) is 64.4 Å². The lowest BCUT2D eigenvalue weighted by molar-refractivity contribution is 0.0822. The Morgan fingerprint density at radius 2 is 1.44 bits per heavy atom. The molecule has 0 aliphatic heterocycles. The van der Waals surface area contributed by atoms with Gasteiger partial charge in [-0.2, -0.15) is 0 Å². The van der Waals surface area contributed by atoms with Crippen LogP contribution in [0.4, 0.5) is 0 Å². The first-order chi connectivity index (χ1) is 12.0. The Hall–Kier alpha value is -1.54. The van der Waals surface area contributed by atoms with E-state index in [2.05, 4.69) is 45.0 Å². The molecule has 2 rings (SSSR count). The molecule has 0 aromatic heterocycles. The fourth-order valence-corrected chi connectivity index (χ4v) is 3.81. The number of hydrogen-bond acceptors (Lipinski definition) is 2. The number of carbonyl (C=O) groups is 1. The van der Waals surface area contributed by atoms with Gasteiger partial charge in [-0.15, -0.1) is 0 Å². The van der Waals surface area contributed by atoms with Crippen molar-refractivity contribution in [2.75, 3.05) is 0 Å². The molecule has 134 valence electrons. The molecule has 0 atom stereocenters. The van der Waals surface area contributed by atoms with Crippen LogP contribution < -0.4 is 0 Å². The summed E-state index contributed by atoms with van der Waals surface area (Å²) in [6.45, 7) is 6.40. The summed E-state index contributed by atoms with van der Waals surface area (Å²) in [5, 5.41) is 0. The molecule has 0 saturated heterocycles. The van der Waals surface area contributed by atoms with Crippen LogP contribution in [0.1, 0.15) is 69.7 Å². The molecule has 0 spiro atoms. The predicted molar refractivity (Wildman–Crippen MR) is 108 cm³/mol. The lowest BCUT2D eigenvalue weighted by Crippen LogP contribution is -2.24. The number of hydrogen-bond donors (Lipinski definition) is 0. The molecule has 0 fully saturated rings. The zero-order valence-corrected chi connectivity index (χ0v) is 16.6. The van der Waals surface area contributed by atoms with Gasteiger partial charge in [0.15, 0.2) is 5.78 Å². The fourth-order valence-electron chi connectivity index (χ4n) is 2.97. The molecule has 0 aliphatic rings. The van der Waals surface area contributed by atoms with E-state index in [0.717, 1.165) is 18.4 Å². The van der Waals surface area contributed by atoms with E-state index in [4.69, 9.17) is 0 Å². The summed E-state index contributed by atoms with van der Waals surface area (Å²) in [5.41, 5.74) is 0.552. The van der Waals surface area contributed by atoms with Gasteiger partial charge in [-0.25, -0.2) is 0 Å². The molecule has 0 unspecified atom stereocenters. The normalized spacial score (nSPS) is 11.5. The highest BCUT2D eigenvalue weighted by molar-refractivity contribution is 7.99. The van der Waals surface area contributed by atoms with Gasteiger partial charge in [0.1, 0.15) is 0 Å². The van der Waals surface area contributed by atoms with E-state index in [0.29, 0.717) is 0 Å². The standard InChI is InChI=1S/C23H30OS/c1-4-5-6-7-11-18-23(2,3)22(24)19-14-16-21(17-15-19)25-20-12-9-8-10-13-20/h8-10,12-17H,4-7,11,18H2,1-3H3. The molecular formula is C23H30OS. The highest BCUT2D eigenvalue weighted by Gasteiger charge is 2.27. The highest BCUT2D eigenvalue weighted by atomic mass is 32.2. The van der Waals surface area contributed by atoms with E-state index in [1.165, 1.54) is 35.5 Å². The van der Waals surface area contributed by atoms with Crippen molar-refractivity contribution in [1.29, 1.82) is 0 Å². The van der Waals surface area contributed by atoms with Gasteiger partial charge in [0.2, 0.25) is 0 Å². The summed E-state index contributed by atoms with van der Waals surface area (Å²) in [6, 6.07) is 18.4. The van der Waals surface area contributed by atoms with Crippen LogP contribution in [0.25, 0.3) is 0 Å². The summed E-state index contributed by atoms with van der Waals surface area (Å²) in [6.07, 6.45) is 7.19. The number of rotatable bonds is 10. The number of ketones is 1. The van der Waals surface area contributed by atoms with Crippen molar-refractivity contribution < 1.29 is 4.79 Å². The predicted octanol–water partition coefficient (Wildman–Crippen LogP) is 7.41. The lowest BCUT2D eigenvalue weighted by atomic mass is 9.80. The van der Waals surface area contributed by atoms with Crippen LogP contribution in [0, 0.1) is 5.41 Å². The van der Waals surface area contributed by atoms with Crippen LogP contribution in [0.5, 0.6) is 0 Å². The molecule has 2 aromatic carbocycles. The maximum atomic E-state index is 12.8. The molecule has 0 aliphatic carbocycles. The van der Waals surface area contributed by atoms with Crippen molar-refractivity contribution in [1.82, 2.24) is 0 Å². The van der Waals surface area contributed by atoms with Gasteiger partial charge in [-0.1, -0.05) is 95.0 Å². The highest BCUT2D eigenvalue weighted by Crippen LogP contribution is 2.31. The number of benzene rings is 2. The fraction of sp³-hybridized carbons (Fsp3) is 0.435. The Balaban J connectivity index is 1.92. The van der Waals surface area contributed by atoms with Crippen molar-refractivity contribution >= 4 is 17.5 Å². The monoisotopic (exact) mass is 354 g/mol. The van der Waals surface area contributed by atoms with Crippen LogP contribution in [-0.2, 0) is 0 Å². The van der Waals surface area contributed by atoms with Gasteiger partial charge in [0.25, 0.3) is 0 Å². The number of unbranched alkanes of at least 4 members (excludes halogenated alkanes) is 4. The van der Waals surface area contributed by atoms with Crippen molar-refractivity contribution in [2.24, 2.45) is 5.41 Å². The molecule has 0 amide bonds. The van der Waals surface area contributed by atoms with Crippen LogP contribution in [0.2, 0.25) is 0 Å². The summed E-state index contributed by atoms with van der Waals surface area (Å²) in [4.78, 5) is 15.2. The minimum absolute atomic E-state index is 0.263. The van der Waals surface area contributed by atoms with Gasteiger partial charge < -0.3 is 0 Å². The first-order valence-corrected chi connectivity index (χ1v) is 10.2. The third-order valence-electron chi connectivity index (χ3n) is 4.62. The molecule has 0 heterocycles. The average Bonchev–Trinajstić information content (AvgIpc) is 2.62. The quantitative estimate of drug-likeness (QED) is 0.326. The molecular weight excluding hydrogens is 324 g/mol. The second kappa shape index (κ2) is 9.82. The number of carbonyl (C=O) groups excluding carboxylic acids is 1. The smallest absolute Gasteiger partial charge is 0.168 e. The second-order valence-corrected chi connectivity index (χ2v) is 8.46. The zero-order chi connectivity index (χ0) is 18.1. The molecule has 0 bridgehead atoms. The topological polar surface area (TPSA) is 17.1 Å². The third-order valence-corrected chi connectivity index (χ3v) is 5.63. The van der Waals surface area contributed by atoms with Gasteiger partial charge in [-0.05, 0) is 30.7 Å². The average molecular weight is 355 g/mol. The van der Waals surface area contributed by atoms with Crippen molar-refractivity contribution in [3.63, 3.8) is 0 Å². The summed E-state index contributed by atoms with van der Waals surface area (Å²) in [5.74, 6) is 0.263. The Morgan fingerprint density at radius 1 is 0.840 bits per heavy atom. The first-order valence-electron chi connectivity index (χ1n) is 9.41. The largest absolute Gasteiger partial charge is 0.294 e. The van der Waals surface area contributed by atoms with Crippen LogP contribution >= 0.6 is 11.8 Å². The molecule has 25 heavy (non-hydrogen) atoms. The Bertz CT molecular complexity index is 644. The summed E-state index contributed by atoms with van der Waals surface area (Å²) < 4.78 is 0. The number of Topliss-reactive ketones (excluding diaryl/α,β-unsaturated/α-hetero) is 1. The second-order valence-electron chi connectivity index (χ2n) is 7.32. The Morgan fingerprint density at radius 3 is 2.08 bits per heavy atom. The van der Waals surface area contributed by atoms with Gasteiger partial charge in [0, 0.05) is 20.8 Å². The van der Waals surface area contributed by atoms with Gasteiger partial charge in [0.05, 0.1) is 0 Å². The Kier molecular flexibility index (Phi) is 7.77. The van der Waals surface area contributed by atoms with E-state index in [1.807, 2.05) is 30.3 Å². The third kappa shape index (κ3) is 6.36. The SMILES string of the molecule is CCCCCCCC(C)(C)C(=O)c1ccc(Sc2ccccc2)cc1. The molecule has 2 aromatic rings. The minimum atomic E-state index is -0.277. The minimum Gasteiger partial charge on any atom is -0.294 e. The van der Waals surface area contributed by atoms with Gasteiger partial charge in [-0.3, -0.25) is 4.79 Å². The molecule has 0 saturated carbocycles. The van der Waals surface area contributed by atoms with Crippen molar-refractivity contribution in [3.05, 3.63) is 60.2 Å². The molecule has 0 N–H and O–H groups in total. The van der Waals surface area contributed by atoms with Gasteiger partial charge >= 0.3 is 0 Å². The first kappa shape index (κ1) is 19.8. The maximum absolute atomic E-state index is 12.8. The van der Waals surface area contributed by atoms with E-state index < -0.39 is 0 Å². The van der Waals surface area contributed by atoms with E-state index >= 15 is 0 Å². The molecule has 1 nitrogen and oxygen atoms in total. The summed E-state index contributed by atoms with van der Waals surface area (Å²) in [7, 11) is 0. The van der Waals surface area contributed by atoms with Crippen LogP contribution in [-0.4, -0.2) is 5.78 Å². The van der Waals surface area contributed by atoms with Crippen LogP contribution in [0.3, 0.4) is 0 Å². The molecule has 2 heteroatoms. The van der Waals surface area contributed by atoms with Crippen molar-refractivity contribution in [2.45, 2.75) is 69.1 Å². The zero-order valence-electron chi connectivity index (χ0n) is 15.8. The van der Waals surface area contributed by atoms with E-state index in [9.17, 15) is 4.79 Å². The maximum Gasteiger partial charge on any atom is 0.168 e. The van der Waals surface area contributed by atoms with E-state index in [1.54, 1.807) is 11.8 Å². The summed E-state index contributed by atoms with van der Waals surface area (Å²) >= 11 is 1.73. The van der Waals surface area contributed by atoms with Crippen molar-refractivity contribution in [3.8, 4) is 0 Å².